The van der Waals surface area contributed by atoms with Crippen LogP contribution in [0.5, 0.6) is 0 Å². The average Bonchev–Trinajstić information content (AvgIpc) is 2.09. The van der Waals surface area contributed by atoms with E-state index < -0.39 is 12.0 Å². The van der Waals surface area contributed by atoms with E-state index in [0.717, 1.165) is 0 Å². The number of hydrogen-bond donors (Lipinski definition) is 0. The van der Waals surface area contributed by atoms with Crippen LogP contribution in [-0.4, -0.2) is 23.0 Å². The quantitative estimate of drug-likeness (QED) is 0.474. The Morgan fingerprint density at radius 2 is 2.17 bits per heavy atom. The van der Waals surface area contributed by atoms with Crippen LogP contribution in [0.15, 0.2) is 12.4 Å². The van der Waals surface area contributed by atoms with Gasteiger partial charge in [-0.25, -0.2) is 9.97 Å². The topological polar surface area (TPSA) is 52.1 Å². The van der Waals surface area contributed by atoms with Crippen molar-refractivity contribution >= 4 is 5.97 Å². The van der Waals surface area contributed by atoms with Gasteiger partial charge in [-0.2, -0.15) is 4.39 Å². The van der Waals surface area contributed by atoms with Crippen LogP contribution in [0.3, 0.4) is 0 Å². The number of hydrogen-bond acceptors (Lipinski definition) is 4. The van der Waals surface area contributed by atoms with Crippen LogP contribution in [0, 0.1) is 6.08 Å². The Balaban J connectivity index is 2.64. The lowest BCUT2D eigenvalue weighted by Crippen LogP contribution is -2.05. The highest BCUT2D eigenvalue weighted by Gasteiger charge is 2.03. The SMILES string of the molecule is COC(=O)Cc1cnc(F)nc1. The number of methoxy groups -OCH3 is 1. The Morgan fingerprint density at radius 1 is 1.58 bits per heavy atom. The van der Waals surface area contributed by atoms with Gasteiger partial charge in [0.2, 0.25) is 0 Å². The van der Waals surface area contributed by atoms with Gasteiger partial charge >= 0.3 is 12.0 Å². The van der Waals surface area contributed by atoms with E-state index in [4.69, 9.17) is 0 Å². The maximum absolute atomic E-state index is 12.2. The van der Waals surface area contributed by atoms with Crippen LogP contribution in [0.2, 0.25) is 0 Å². The third-order valence-electron chi connectivity index (χ3n) is 1.25. The van der Waals surface area contributed by atoms with Crippen LogP contribution < -0.4 is 0 Å². The van der Waals surface area contributed by atoms with Crippen molar-refractivity contribution in [3.8, 4) is 0 Å². The second-order valence-electron chi connectivity index (χ2n) is 2.11. The molecule has 1 aromatic rings. The van der Waals surface area contributed by atoms with Crippen molar-refractivity contribution in [2.75, 3.05) is 7.11 Å². The number of esters is 1. The molecule has 0 radical (unpaired) electrons. The number of aromatic nitrogens is 2. The molecule has 0 saturated heterocycles. The molecule has 0 spiro atoms. The number of rotatable bonds is 2. The summed E-state index contributed by atoms with van der Waals surface area (Å²) in [6.45, 7) is 0. The molecule has 5 heteroatoms. The second-order valence-corrected chi connectivity index (χ2v) is 2.11. The normalized spacial score (nSPS) is 9.50. The average molecular weight is 170 g/mol. The molecule has 0 bridgehead atoms. The Labute approximate surface area is 68.4 Å². The third-order valence-corrected chi connectivity index (χ3v) is 1.25. The second kappa shape index (κ2) is 3.75. The minimum atomic E-state index is -0.802. The Bertz CT molecular complexity index is 273. The van der Waals surface area contributed by atoms with Crippen molar-refractivity contribution in [1.82, 2.24) is 9.97 Å². The lowest BCUT2D eigenvalue weighted by atomic mass is 10.2. The summed E-state index contributed by atoms with van der Waals surface area (Å²) in [5, 5.41) is 0. The van der Waals surface area contributed by atoms with E-state index in [1.54, 1.807) is 0 Å². The summed E-state index contributed by atoms with van der Waals surface area (Å²) in [6.07, 6.45) is 1.76. The van der Waals surface area contributed by atoms with Gasteiger partial charge in [-0.1, -0.05) is 0 Å². The Morgan fingerprint density at radius 3 is 2.67 bits per heavy atom. The fraction of sp³-hybridized carbons (Fsp3) is 0.286. The minimum Gasteiger partial charge on any atom is -0.469 e. The smallest absolute Gasteiger partial charge is 0.310 e. The molecule has 4 nitrogen and oxygen atoms in total. The molecule has 0 aliphatic rings. The Hall–Kier alpha value is -1.52. The lowest BCUT2D eigenvalue weighted by Gasteiger charge is -1.97. The molecule has 0 atom stereocenters. The molecule has 0 aliphatic heterocycles. The van der Waals surface area contributed by atoms with Crippen molar-refractivity contribution in [3.63, 3.8) is 0 Å². The predicted molar refractivity (Wildman–Crippen MR) is 37.7 cm³/mol. The summed E-state index contributed by atoms with van der Waals surface area (Å²) in [5.74, 6) is -0.398. The van der Waals surface area contributed by atoms with Gasteiger partial charge in [0.1, 0.15) is 0 Å². The van der Waals surface area contributed by atoms with Crippen LogP contribution in [-0.2, 0) is 16.0 Å². The lowest BCUT2D eigenvalue weighted by molar-refractivity contribution is -0.139. The molecule has 0 aromatic carbocycles. The van der Waals surface area contributed by atoms with E-state index in [0.29, 0.717) is 5.56 Å². The van der Waals surface area contributed by atoms with Gasteiger partial charge in [-0.3, -0.25) is 4.79 Å². The maximum Gasteiger partial charge on any atom is 0.310 e. The molecule has 0 unspecified atom stereocenters. The van der Waals surface area contributed by atoms with E-state index in [2.05, 4.69) is 14.7 Å². The van der Waals surface area contributed by atoms with Crippen molar-refractivity contribution in [2.45, 2.75) is 6.42 Å². The molecule has 12 heavy (non-hydrogen) atoms. The van der Waals surface area contributed by atoms with Crippen molar-refractivity contribution < 1.29 is 13.9 Å². The van der Waals surface area contributed by atoms with Gasteiger partial charge in [0.05, 0.1) is 13.5 Å². The third kappa shape index (κ3) is 2.26. The summed E-state index contributed by atoms with van der Waals surface area (Å²) in [4.78, 5) is 17.3. The van der Waals surface area contributed by atoms with Gasteiger partial charge in [-0.15, -0.1) is 0 Å². The molecular weight excluding hydrogens is 163 g/mol. The number of carbonyl (C=O) groups excluding carboxylic acids is 1. The molecule has 1 rings (SSSR count). The standard InChI is InChI=1S/C7H7FN2O2/c1-12-6(11)2-5-3-9-7(8)10-4-5/h3-4H,2H2,1H3. The molecule has 0 fully saturated rings. The molecule has 0 amide bonds. The van der Waals surface area contributed by atoms with E-state index in [1.165, 1.54) is 19.5 Å². The summed E-state index contributed by atoms with van der Waals surface area (Å²) in [7, 11) is 1.28. The van der Waals surface area contributed by atoms with E-state index in [-0.39, 0.29) is 6.42 Å². The van der Waals surface area contributed by atoms with Crippen LogP contribution >= 0.6 is 0 Å². The molecule has 64 valence electrons. The van der Waals surface area contributed by atoms with Crippen molar-refractivity contribution in [2.24, 2.45) is 0 Å². The van der Waals surface area contributed by atoms with Gasteiger partial charge in [-0.05, 0) is 0 Å². The molecule has 0 saturated carbocycles. The maximum atomic E-state index is 12.2. The number of nitrogens with zero attached hydrogens (tertiary/aromatic N) is 2. The fourth-order valence-corrected chi connectivity index (χ4v) is 0.669. The van der Waals surface area contributed by atoms with Gasteiger partial charge < -0.3 is 4.74 Å². The number of halogens is 1. The zero-order chi connectivity index (χ0) is 8.97. The van der Waals surface area contributed by atoms with Gasteiger partial charge in [0, 0.05) is 18.0 Å². The van der Waals surface area contributed by atoms with Crippen LogP contribution in [0.4, 0.5) is 4.39 Å². The zero-order valence-corrected chi connectivity index (χ0v) is 6.45. The first-order valence-electron chi connectivity index (χ1n) is 3.25. The van der Waals surface area contributed by atoms with Crippen LogP contribution in [0.1, 0.15) is 5.56 Å². The summed E-state index contributed by atoms with van der Waals surface area (Å²) < 4.78 is 16.6. The first-order valence-corrected chi connectivity index (χ1v) is 3.25. The van der Waals surface area contributed by atoms with Crippen molar-refractivity contribution in [3.05, 3.63) is 24.0 Å². The summed E-state index contributed by atoms with van der Waals surface area (Å²) >= 11 is 0. The molecule has 1 aromatic heterocycles. The molecule has 1 heterocycles. The van der Waals surface area contributed by atoms with E-state index >= 15 is 0 Å². The highest BCUT2D eigenvalue weighted by atomic mass is 19.1. The molecule has 0 aliphatic carbocycles. The van der Waals surface area contributed by atoms with Crippen molar-refractivity contribution in [1.29, 1.82) is 0 Å². The number of carbonyl (C=O) groups is 1. The zero-order valence-electron chi connectivity index (χ0n) is 6.45. The first-order chi connectivity index (χ1) is 5.72. The van der Waals surface area contributed by atoms with Gasteiger partial charge in [0.25, 0.3) is 0 Å². The molecular formula is C7H7FN2O2. The van der Waals surface area contributed by atoms with Gasteiger partial charge in [0.15, 0.2) is 0 Å². The number of ether oxygens (including phenoxy) is 1. The first kappa shape index (κ1) is 8.58. The van der Waals surface area contributed by atoms with E-state index in [9.17, 15) is 9.18 Å². The van der Waals surface area contributed by atoms with Crippen LogP contribution in [0.25, 0.3) is 0 Å². The highest BCUT2D eigenvalue weighted by molar-refractivity contribution is 5.72. The Kier molecular flexibility index (Phi) is 2.68. The fourth-order valence-electron chi connectivity index (χ4n) is 0.669. The largest absolute Gasteiger partial charge is 0.469 e. The molecule has 0 N–H and O–H groups in total. The predicted octanol–water partition coefficient (Wildman–Crippen LogP) is 0.331. The van der Waals surface area contributed by atoms with E-state index in [1.807, 2.05) is 0 Å². The summed E-state index contributed by atoms with van der Waals surface area (Å²) in [5.41, 5.74) is 0.531. The summed E-state index contributed by atoms with van der Waals surface area (Å²) in [6, 6.07) is 0. The highest BCUT2D eigenvalue weighted by Crippen LogP contribution is 1.97. The monoisotopic (exact) mass is 170 g/mol. The minimum absolute atomic E-state index is 0.0662.